The van der Waals surface area contributed by atoms with Gasteiger partial charge in [-0.1, -0.05) is 120 Å². The fourth-order valence-corrected chi connectivity index (χ4v) is 9.04. The number of benzene rings is 3. The number of nitrogens with zero attached hydrogens (tertiary/aromatic N) is 4. The van der Waals surface area contributed by atoms with Gasteiger partial charge in [-0.3, -0.25) is 19.4 Å². The lowest BCUT2D eigenvalue weighted by Gasteiger charge is -2.18. The molecule has 0 spiro atoms. The van der Waals surface area contributed by atoms with Crippen molar-refractivity contribution in [2.75, 3.05) is 33.1 Å². The summed E-state index contributed by atoms with van der Waals surface area (Å²) in [4.78, 5) is 34.6. The van der Waals surface area contributed by atoms with Crippen LogP contribution >= 0.6 is 59.7 Å². The first-order chi connectivity index (χ1) is 23.5. The van der Waals surface area contributed by atoms with Crippen molar-refractivity contribution in [3.63, 3.8) is 0 Å². The molecule has 4 aliphatic heterocycles. The standard InChI is InChI=1S/C22H19N3OS2.C15H14N2OS3/c1-24-18(14-13-17-21(26)25(2)22(27)23-17)28-20(16-11-7-4-8-12-16)19(24)15-9-5-3-6-10-15;1-9-5-4-6-10-13(9)16(2)12(20-10)8-7-11-14(18)17(3)15(19)21-11/h3-14H,1-2H3,(H,23,27);4-8H,1-3H3/b17-13-,18-14-;. The Morgan fingerprint density at radius 3 is 1.86 bits per heavy atom. The first-order valence-corrected chi connectivity index (χ1v) is 18.5. The minimum Gasteiger partial charge on any atom is -0.338 e. The molecule has 49 heavy (non-hydrogen) atoms. The number of allylic oxidation sites excluding steroid dienone is 4. The molecule has 1 N–H and O–H groups in total. The van der Waals surface area contributed by atoms with E-state index in [1.54, 1.807) is 43.7 Å². The van der Waals surface area contributed by atoms with Gasteiger partial charge in [0, 0.05) is 38.0 Å². The maximum absolute atomic E-state index is 12.2. The summed E-state index contributed by atoms with van der Waals surface area (Å²) >= 11 is 15.0. The van der Waals surface area contributed by atoms with Gasteiger partial charge in [-0.15, -0.1) is 0 Å². The van der Waals surface area contributed by atoms with Gasteiger partial charge in [0.1, 0.15) is 10.0 Å². The Morgan fingerprint density at radius 1 is 0.633 bits per heavy atom. The Kier molecular flexibility index (Phi) is 10.5. The van der Waals surface area contributed by atoms with E-state index >= 15 is 0 Å². The molecule has 0 atom stereocenters. The summed E-state index contributed by atoms with van der Waals surface area (Å²) in [5.41, 5.74) is 6.47. The maximum atomic E-state index is 12.2. The van der Waals surface area contributed by atoms with E-state index in [4.69, 9.17) is 24.4 Å². The zero-order valence-corrected chi connectivity index (χ0v) is 31.5. The highest BCUT2D eigenvalue weighted by molar-refractivity contribution is 8.26. The van der Waals surface area contributed by atoms with Crippen LogP contribution in [0.3, 0.4) is 0 Å². The van der Waals surface area contributed by atoms with E-state index in [0.29, 0.717) is 20.0 Å². The molecule has 3 aromatic rings. The van der Waals surface area contributed by atoms with Crippen molar-refractivity contribution in [2.24, 2.45) is 0 Å². The zero-order chi connectivity index (χ0) is 34.8. The van der Waals surface area contributed by atoms with Crippen molar-refractivity contribution in [1.29, 1.82) is 0 Å². The van der Waals surface area contributed by atoms with Gasteiger partial charge in [-0.25, -0.2) is 0 Å². The molecule has 12 heteroatoms. The first-order valence-electron chi connectivity index (χ1n) is 15.3. The molecule has 0 saturated carbocycles. The minimum atomic E-state index is -0.118. The van der Waals surface area contributed by atoms with Crippen LogP contribution in [0.25, 0.3) is 10.6 Å². The molecule has 4 heterocycles. The van der Waals surface area contributed by atoms with E-state index in [-0.39, 0.29) is 11.8 Å². The topological polar surface area (TPSA) is 59.1 Å². The number of hydrogen-bond acceptors (Lipinski definition) is 9. The first kappa shape index (κ1) is 34.8. The van der Waals surface area contributed by atoms with Crippen LogP contribution in [0, 0.1) is 6.92 Å². The van der Waals surface area contributed by atoms with Crippen molar-refractivity contribution in [2.45, 2.75) is 11.8 Å². The van der Waals surface area contributed by atoms with Crippen molar-refractivity contribution in [1.82, 2.24) is 20.0 Å². The summed E-state index contributed by atoms with van der Waals surface area (Å²) in [6, 6.07) is 27.0. The van der Waals surface area contributed by atoms with Crippen LogP contribution in [-0.4, -0.2) is 64.1 Å². The van der Waals surface area contributed by atoms with Crippen LogP contribution in [0.15, 0.2) is 129 Å². The second kappa shape index (κ2) is 14.8. The van der Waals surface area contributed by atoms with E-state index in [1.165, 1.54) is 48.2 Å². The number of amides is 2. The van der Waals surface area contributed by atoms with Crippen molar-refractivity contribution in [3.05, 3.63) is 141 Å². The van der Waals surface area contributed by atoms with Crippen molar-refractivity contribution < 1.29 is 9.59 Å². The van der Waals surface area contributed by atoms with E-state index in [2.05, 4.69) is 78.6 Å². The molecular weight excluding hydrogens is 707 g/mol. The highest BCUT2D eigenvalue weighted by atomic mass is 32.2. The summed E-state index contributed by atoms with van der Waals surface area (Å²) in [6.07, 6.45) is 7.62. The number of rotatable bonds is 4. The fraction of sp³-hybridized carbons (Fsp3) is 0.135. The maximum Gasteiger partial charge on any atom is 0.276 e. The summed E-state index contributed by atoms with van der Waals surface area (Å²) < 4.78 is 0.608. The molecule has 248 valence electrons. The number of thioether (sulfide) groups is 3. The number of aryl methyl sites for hydroxylation is 1. The highest BCUT2D eigenvalue weighted by Gasteiger charge is 2.30. The third kappa shape index (κ3) is 7.15. The van der Waals surface area contributed by atoms with Crippen molar-refractivity contribution in [3.8, 4) is 0 Å². The molecule has 7 rings (SSSR count). The molecule has 0 bridgehead atoms. The van der Waals surface area contributed by atoms with Gasteiger partial charge in [0.25, 0.3) is 11.8 Å². The molecule has 0 aliphatic carbocycles. The van der Waals surface area contributed by atoms with Gasteiger partial charge in [0.05, 0.1) is 26.3 Å². The minimum absolute atomic E-state index is 0.0267. The average molecular weight is 740 g/mol. The number of carbonyl (C=O) groups is 2. The van der Waals surface area contributed by atoms with Crippen LogP contribution in [0.5, 0.6) is 0 Å². The van der Waals surface area contributed by atoms with Crippen LogP contribution in [-0.2, 0) is 9.59 Å². The van der Waals surface area contributed by atoms with Gasteiger partial charge >= 0.3 is 0 Å². The van der Waals surface area contributed by atoms with Gasteiger partial charge in [0.15, 0.2) is 5.11 Å². The monoisotopic (exact) mass is 739 g/mol. The number of para-hydroxylation sites is 1. The van der Waals surface area contributed by atoms with Crippen LogP contribution in [0.1, 0.15) is 16.7 Å². The van der Waals surface area contributed by atoms with E-state index in [9.17, 15) is 9.59 Å². The third-order valence-electron chi connectivity index (χ3n) is 8.09. The summed E-state index contributed by atoms with van der Waals surface area (Å²) in [7, 11) is 7.48. The Morgan fingerprint density at radius 2 is 1.27 bits per heavy atom. The number of anilines is 1. The number of carbonyl (C=O) groups excluding carboxylic acids is 2. The average Bonchev–Trinajstić information content (AvgIpc) is 3.78. The number of hydrogen-bond donors (Lipinski definition) is 1. The van der Waals surface area contributed by atoms with E-state index in [0.717, 1.165) is 21.3 Å². The Balaban J connectivity index is 0.000000177. The normalized spacial score (nSPS) is 20.8. The number of likely N-dealkylation sites (N-methyl/N-ethyl adjacent to an activating group) is 2. The SMILES string of the molecule is CN1C(=O)/C(=C/C=C2\SC(c3ccccc3)=C(c3ccccc3)N2C)NC1=S.Cc1cccc2c1N(C)C(=CC=C1SC(=S)N(C)C1=O)S2. The molecule has 0 radical (unpaired) electrons. The number of thiocarbonyl (C=S) groups is 2. The Hall–Kier alpha value is -4.07. The second-order valence-corrected chi connectivity index (χ2v) is 15.5. The predicted molar refractivity (Wildman–Crippen MR) is 214 cm³/mol. The highest BCUT2D eigenvalue weighted by Crippen LogP contribution is 2.50. The lowest BCUT2D eigenvalue weighted by Crippen LogP contribution is -2.25. The van der Waals surface area contributed by atoms with E-state index in [1.807, 2.05) is 54.6 Å². The van der Waals surface area contributed by atoms with Crippen LogP contribution in [0.2, 0.25) is 0 Å². The lowest BCUT2D eigenvalue weighted by molar-refractivity contribution is -0.122. The Labute approximate surface area is 310 Å². The lowest BCUT2D eigenvalue weighted by atomic mass is 10.1. The molecule has 3 aromatic carbocycles. The molecule has 2 fully saturated rings. The van der Waals surface area contributed by atoms with Gasteiger partial charge < -0.3 is 15.1 Å². The van der Waals surface area contributed by atoms with Crippen molar-refractivity contribution >= 4 is 97.3 Å². The second-order valence-electron chi connectivity index (χ2n) is 11.3. The van der Waals surface area contributed by atoms with Gasteiger partial charge in [0.2, 0.25) is 0 Å². The smallest absolute Gasteiger partial charge is 0.276 e. The molecule has 4 aliphatic rings. The van der Waals surface area contributed by atoms with Crippen LogP contribution < -0.4 is 10.2 Å². The summed E-state index contributed by atoms with van der Waals surface area (Å²) in [5.74, 6) is -0.145. The van der Waals surface area contributed by atoms with Gasteiger partial charge in [-0.05, 0) is 66.2 Å². The Bertz CT molecular complexity index is 2020. The quantitative estimate of drug-likeness (QED) is 0.211. The molecule has 0 aromatic heterocycles. The van der Waals surface area contributed by atoms with Gasteiger partial charge in [-0.2, -0.15) is 0 Å². The predicted octanol–water partition coefficient (Wildman–Crippen LogP) is 8.02. The third-order valence-corrected chi connectivity index (χ3v) is 12.4. The fourth-order valence-electron chi connectivity index (χ4n) is 5.42. The molecule has 2 amide bonds. The summed E-state index contributed by atoms with van der Waals surface area (Å²) in [6.45, 7) is 2.11. The molecule has 0 unspecified atom stereocenters. The largest absolute Gasteiger partial charge is 0.338 e. The number of nitrogens with one attached hydrogen (secondary N) is 1. The zero-order valence-electron chi connectivity index (χ0n) is 27.5. The van der Waals surface area contributed by atoms with Crippen LogP contribution in [0.4, 0.5) is 5.69 Å². The van der Waals surface area contributed by atoms with E-state index < -0.39 is 0 Å². The molecule has 2 saturated heterocycles. The molecular formula is C37H33N5O2S5. The summed E-state index contributed by atoms with van der Waals surface area (Å²) in [5, 5.41) is 5.54. The number of fused-ring (bicyclic) bond motifs is 1. The molecule has 7 nitrogen and oxygen atoms in total.